The number of nitrogens with zero attached hydrogens (tertiary/aromatic N) is 3. The molecule has 0 saturated carbocycles. The van der Waals surface area contributed by atoms with Crippen LogP contribution >= 0.6 is 11.3 Å². The van der Waals surface area contributed by atoms with Crippen molar-refractivity contribution in [1.29, 1.82) is 0 Å². The van der Waals surface area contributed by atoms with E-state index in [1.807, 2.05) is 0 Å². The van der Waals surface area contributed by atoms with Crippen LogP contribution in [0.2, 0.25) is 0 Å². The zero-order valence-electron chi connectivity index (χ0n) is 15.9. The number of aromatic nitrogens is 2. The summed E-state index contributed by atoms with van der Waals surface area (Å²) in [5.41, 5.74) is 6.73. The number of methoxy groups -OCH3 is 1. The van der Waals surface area contributed by atoms with Gasteiger partial charge in [-0.25, -0.2) is 0 Å². The summed E-state index contributed by atoms with van der Waals surface area (Å²) in [6, 6.07) is 6.40. The molecule has 1 aromatic carbocycles. The first kappa shape index (κ1) is 17.4. The monoisotopic (exact) mass is 367 g/mol. The minimum Gasteiger partial charge on any atom is -0.496 e. The summed E-state index contributed by atoms with van der Waals surface area (Å²) < 4.78 is 6.82. The smallest absolute Gasteiger partial charge is 0.128 e. The molecule has 2 aromatic heterocycles. The third kappa shape index (κ3) is 3.10. The molecule has 0 bridgehead atoms. The highest BCUT2D eigenvalue weighted by molar-refractivity contribution is 7.17. The van der Waals surface area contributed by atoms with Crippen molar-refractivity contribution in [3.05, 3.63) is 40.3 Å². The van der Waals surface area contributed by atoms with Crippen LogP contribution < -0.4 is 4.74 Å². The number of thiophene rings is 1. The van der Waals surface area contributed by atoms with E-state index in [0.717, 1.165) is 29.1 Å². The second-order valence-electron chi connectivity index (χ2n) is 7.39. The number of hydrogen-bond donors (Lipinski definition) is 0. The maximum absolute atomic E-state index is 5.62. The maximum atomic E-state index is 5.62. The molecule has 1 unspecified atom stereocenters. The summed E-state index contributed by atoms with van der Waals surface area (Å²) in [7, 11) is 3.92. The molecule has 4 rings (SSSR count). The van der Waals surface area contributed by atoms with Gasteiger partial charge in [-0.15, -0.1) is 21.5 Å². The van der Waals surface area contributed by atoms with Gasteiger partial charge in [0.15, 0.2) is 0 Å². The van der Waals surface area contributed by atoms with Crippen molar-refractivity contribution < 1.29 is 4.74 Å². The fourth-order valence-corrected chi connectivity index (χ4v) is 5.10. The molecule has 3 heterocycles. The van der Waals surface area contributed by atoms with Crippen molar-refractivity contribution in [3.8, 4) is 17.0 Å². The van der Waals surface area contributed by atoms with E-state index in [1.165, 1.54) is 40.8 Å². The van der Waals surface area contributed by atoms with E-state index in [0.29, 0.717) is 5.92 Å². The van der Waals surface area contributed by atoms with E-state index in [9.17, 15) is 0 Å². The number of fused-ring (bicyclic) bond motifs is 1. The quantitative estimate of drug-likeness (QED) is 0.667. The van der Waals surface area contributed by atoms with Gasteiger partial charge in [-0.1, -0.05) is 6.07 Å². The first-order valence-corrected chi connectivity index (χ1v) is 10.0. The van der Waals surface area contributed by atoms with E-state index in [1.54, 1.807) is 18.4 Å². The Kier molecular flexibility index (Phi) is 4.67. The highest BCUT2D eigenvalue weighted by Crippen LogP contribution is 2.38. The molecule has 5 heteroatoms. The minimum atomic E-state index is 0.568. The Morgan fingerprint density at radius 1 is 1.19 bits per heavy atom. The van der Waals surface area contributed by atoms with Crippen molar-refractivity contribution in [1.82, 2.24) is 15.1 Å². The van der Waals surface area contributed by atoms with Crippen molar-refractivity contribution in [2.75, 3.05) is 27.2 Å². The van der Waals surface area contributed by atoms with Gasteiger partial charge in [-0.2, -0.15) is 0 Å². The summed E-state index contributed by atoms with van der Waals surface area (Å²) in [6.07, 6.45) is 2.49. The molecule has 136 valence electrons. The Labute approximate surface area is 158 Å². The van der Waals surface area contributed by atoms with Crippen molar-refractivity contribution in [3.63, 3.8) is 0 Å². The number of rotatable bonds is 3. The topological polar surface area (TPSA) is 38.2 Å². The second kappa shape index (κ2) is 6.97. The molecule has 3 aromatic rings. The van der Waals surface area contributed by atoms with Crippen molar-refractivity contribution >= 4 is 21.6 Å². The predicted octanol–water partition coefficient (Wildman–Crippen LogP) is 4.79. The van der Waals surface area contributed by atoms with Gasteiger partial charge in [0.05, 0.1) is 17.5 Å². The van der Waals surface area contributed by atoms with Crippen molar-refractivity contribution in [2.24, 2.45) is 0 Å². The van der Waals surface area contributed by atoms with Crippen LogP contribution in [0.3, 0.4) is 0 Å². The zero-order chi connectivity index (χ0) is 18.3. The summed E-state index contributed by atoms with van der Waals surface area (Å²) in [5.74, 6) is 1.43. The van der Waals surface area contributed by atoms with Gasteiger partial charge in [0.25, 0.3) is 0 Å². The molecule has 0 spiro atoms. The third-order valence-electron chi connectivity index (χ3n) is 5.33. The van der Waals surface area contributed by atoms with Gasteiger partial charge in [0.1, 0.15) is 11.3 Å². The zero-order valence-corrected chi connectivity index (χ0v) is 16.7. The molecule has 0 amide bonds. The lowest BCUT2D eigenvalue weighted by Crippen LogP contribution is -2.30. The van der Waals surface area contributed by atoms with Gasteiger partial charge in [-0.05, 0) is 80.4 Å². The Hall–Kier alpha value is -1.98. The molecule has 1 saturated heterocycles. The third-order valence-corrected chi connectivity index (χ3v) is 6.27. The van der Waals surface area contributed by atoms with Crippen LogP contribution in [0.5, 0.6) is 5.75 Å². The van der Waals surface area contributed by atoms with E-state index in [4.69, 9.17) is 4.74 Å². The maximum Gasteiger partial charge on any atom is 0.128 e. The highest BCUT2D eigenvalue weighted by atomic mass is 32.1. The lowest BCUT2D eigenvalue weighted by Gasteiger charge is -2.29. The molecule has 26 heavy (non-hydrogen) atoms. The Morgan fingerprint density at radius 2 is 2.04 bits per heavy atom. The lowest BCUT2D eigenvalue weighted by atomic mass is 9.92. The molecular formula is C21H25N3OS. The van der Waals surface area contributed by atoms with Crippen LogP contribution in [0.25, 0.3) is 21.5 Å². The van der Waals surface area contributed by atoms with E-state index in [-0.39, 0.29) is 0 Å². The van der Waals surface area contributed by atoms with E-state index in [2.05, 4.69) is 59.6 Å². The van der Waals surface area contributed by atoms with Crippen LogP contribution in [0, 0.1) is 13.8 Å². The fraction of sp³-hybridized carbons (Fsp3) is 0.429. The number of likely N-dealkylation sites (N-methyl/N-ethyl adjacent to an activating group) is 1. The molecule has 0 aliphatic carbocycles. The normalized spacial score (nSPS) is 18.4. The first-order chi connectivity index (χ1) is 12.6. The number of aryl methyl sites for hydroxylation is 2. The number of benzene rings is 1. The Morgan fingerprint density at radius 3 is 2.81 bits per heavy atom. The van der Waals surface area contributed by atoms with E-state index >= 15 is 0 Å². The van der Waals surface area contributed by atoms with Gasteiger partial charge in [-0.3, -0.25) is 0 Å². The molecule has 1 atom stereocenters. The first-order valence-electron chi connectivity index (χ1n) is 9.15. The average Bonchev–Trinajstić information content (AvgIpc) is 3.04. The largest absolute Gasteiger partial charge is 0.496 e. The molecule has 4 nitrogen and oxygen atoms in total. The molecule has 1 fully saturated rings. The molecule has 1 aliphatic heterocycles. The highest BCUT2D eigenvalue weighted by Gasteiger charge is 2.23. The second-order valence-corrected chi connectivity index (χ2v) is 8.31. The lowest BCUT2D eigenvalue weighted by molar-refractivity contribution is 0.251. The Balaban J connectivity index is 1.76. The number of ether oxygens (including phenoxy) is 1. The van der Waals surface area contributed by atoms with E-state index < -0.39 is 0 Å². The van der Waals surface area contributed by atoms with Gasteiger partial charge >= 0.3 is 0 Å². The van der Waals surface area contributed by atoms with Crippen LogP contribution in [0.4, 0.5) is 0 Å². The average molecular weight is 368 g/mol. The predicted molar refractivity (Wildman–Crippen MR) is 108 cm³/mol. The summed E-state index contributed by atoms with van der Waals surface area (Å²) in [4.78, 5) is 2.42. The molecular weight excluding hydrogens is 342 g/mol. The number of likely N-dealkylation sites (tertiary alicyclic amines) is 1. The minimum absolute atomic E-state index is 0.568. The summed E-state index contributed by atoms with van der Waals surface area (Å²) in [5, 5.41) is 11.5. The summed E-state index contributed by atoms with van der Waals surface area (Å²) >= 11 is 1.78. The van der Waals surface area contributed by atoms with Gasteiger partial charge in [0, 0.05) is 12.1 Å². The molecule has 1 aliphatic rings. The standard InChI is InChI=1S/C21H25N3OS/c1-13-8-14(2)20(18(9-13)25-4)17-10-19-21(23-22-17)16(12-26-19)15-6-5-7-24(3)11-15/h8-10,12,15H,5-7,11H2,1-4H3. The van der Waals surface area contributed by atoms with Crippen molar-refractivity contribution in [2.45, 2.75) is 32.6 Å². The molecule has 0 N–H and O–H groups in total. The van der Waals surface area contributed by atoms with Crippen LogP contribution in [0.15, 0.2) is 23.6 Å². The van der Waals surface area contributed by atoms with Gasteiger partial charge in [0.2, 0.25) is 0 Å². The number of hydrogen-bond acceptors (Lipinski definition) is 5. The molecule has 0 radical (unpaired) electrons. The fourth-order valence-electron chi connectivity index (χ4n) is 4.10. The SMILES string of the molecule is COc1cc(C)cc(C)c1-c1cc2scc(C3CCCN(C)C3)c2nn1. The number of piperidine rings is 1. The van der Waals surface area contributed by atoms with Crippen LogP contribution in [-0.2, 0) is 0 Å². The summed E-state index contributed by atoms with van der Waals surface area (Å²) in [6.45, 7) is 6.50. The Bertz CT molecular complexity index is 950. The van der Waals surface area contributed by atoms with Crippen LogP contribution in [-0.4, -0.2) is 42.3 Å². The van der Waals surface area contributed by atoms with Gasteiger partial charge < -0.3 is 9.64 Å². The van der Waals surface area contributed by atoms with Crippen LogP contribution in [0.1, 0.15) is 35.4 Å².